The molecule has 0 bridgehead atoms. The van der Waals surface area contributed by atoms with E-state index in [2.05, 4.69) is 56.2 Å². The number of ether oxygens (including phenoxy) is 1. The third kappa shape index (κ3) is 4.82. The first-order valence-electron chi connectivity index (χ1n) is 7.43. The Morgan fingerprint density at radius 2 is 1.96 bits per heavy atom. The van der Waals surface area contributed by atoms with Crippen molar-refractivity contribution in [3.8, 4) is 5.75 Å². The highest BCUT2D eigenvalue weighted by Crippen LogP contribution is 2.29. The number of hydrogen-bond donors (Lipinski definition) is 1. The van der Waals surface area contributed by atoms with Crippen LogP contribution in [0.25, 0.3) is 0 Å². The lowest BCUT2D eigenvalue weighted by Gasteiger charge is -2.14. The van der Waals surface area contributed by atoms with E-state index in [1.165, 1.54) is 5.56 Å². The van der Waals surface area contributed by atoms with E-state index in [1.807, 2.05) is 24.3 Å². The molecule has 3 nitrogen and oxygen atoms in total. The van der Waals surface area contributed by atoms with Gasteiger partial charge < -0.3 is 10.1 Å². The highest BCUT2D eigenvalue weighted by atomic mass is 79.9. The molecule has 2 aromatic rings. The largest absolute Gasteiger partial charge is 0.488 e. The zero-order chi connectivity index (χ0) is 16.8. The number of carbonyl (C=O) groups excluding carboxylic acids is 1. The van der Waals surface area contributed by atoms with Crippen molar-refractivity contribution >= 4 is 37.8 Å². The summed E-state index contributed by atoms with van der Waals surface area (Å²) in [7, 11) is 1.64. The predicted octanol–water partition coefficient (Wildman–Crippen LogP) is 4.64. The Labute approximate surface area is 153 Å². The van der Waals surface area contributed by atoms with Crippen LogP contribution in [0.5, 0.6) is 5.75 Å². The first-order chi connectivity index (χ1) is 11.0. The summed E-state index contributed by atoms with van der Waals surface area (Å²) in [4.78, 5) is 11.7. The molecule has 0 aliphatic rings. The van der Waals surface area contributed by atoms with Gasteiger partial charge in [0.1, 0.15) is 12.4 Å². The minimum absolute atomic E-state index is 0.0159. The average Bonchev–Trinajstić information content (AvgIpc) is 2.55. The van der Waals surface area contributed by atoms with Crippen molar-refractivity contribution in [2.45, 2.75) is 26.4 Å². The van der Waals surface area contributed by atoms with Crippen LogP contribution in [0.1, 0.15) is 23.6 Å². The van der Waals surface area contributed by atoms with Gasteiger partial charge in [-0.3, -0.25) is 4.79 Å². The molecular formula is C18H19Br2NO2. The first-order valence-corrected chi connectivity index (χ1v) is 9.01. The van der Waals surface area contributed by atoms with Crippen molar-refractivity contribution in [1.82, 2.24) is 5.32 Å². The zero-order valence-electron chi connectivity index (χ0n) is 13.2. The van der Waals surface area contributed by atoms with Crippen molar-refractivity contribution in [2.75, 3.05) is 7.05 Å². The summed E-state index contributed by atoms with van der Waals surface area (Å²) in [6, 6.07) is 11.9. The molecule has 2 rings (SSSR count). The van der Waals surface area contributed by atoms with E-state index in [0.29, 0.717) is 13.0 Å². The van der Waals surface area contributed by atoms with Crippen LogP contribution < -0.4 is 10.1 Å². The zero-order valence-corrected chi connectivity index (χ0v) is 16.3. The number of hydrogen-bond acceptors (Lipinski definition) is 2. The lowest BCUT2D eigenvalue weighted by Crippen LogP contribution is -2.21. The third-order valence-electron chi connectivity index (χ3n) is 3.62. The van der Waals surface area contributed by atoms with Crippen LogP contribution in [0.2, 0.25) is 0 Å². The highest BCUT2D eigenvalue weighted by Gasteiger charge is 2.12. The van der Waals surface area contributed by atoms with E-state index < -0.39 is 0 Å². The van der Waals surface area contributed by atoms with Crippen LogP contribution in [0.3, 0.4) is 0 Å². The molecule has 0 saturated heterocycles. The van der Waals surface area contributed by atoms with Crippen LogP contribution in [-0.2, 0) is 24.2 Å². The molecule has 0 atom stereocenters. The Morgan fingerprint density at radius 3 is 2.61 bits per heavy atom. The summed E-state index contributed by atoms with van der Waals surface area (Å²) >= 11 is 7.10. The van der Waals surface area contributed by atoms with E-state index in [4.69, 9.17) is 4.74 Å². The van der Waals surface area contributed by atoms with Crippen molar-refractivity contribution in [3.05, 3.63) is 62.0 Å². The Balaban J connectivity index is 2.18. The van der Waals surface area contributed by atoms with Gasteiger partial charge in [-0.05, 0) is 51.7 Å². The van der Waals surface area contributed by atoms with Gasteiger partial charge in [-0.1, -0.05) is 41.1 Å². The lowest BCUT2D eigenvalue weighted by atomic mass is 10.0. The van der Waals surface area contributed by atoms with E-state index in [-0.39, 0.29) is 5.91 Å². The number of carbonyl (C=O) groups is 1. The van der Waals surface area contributed by atoms with Gasteiger partial charge in [0.15, 0.2) is 0 Å². The van der Waals surface area contributed by atoms with E-state index >= 15 is 0 Å². The van der Waals surface area contributed by atoms with Crippen LogP contribution in [0.15, 0.2) is 45.3 Å². The summed E-state index contributed by atoms with van der Waals surface area (Å²) in [6.07, 6.45) is 1.32. The summed E-state index contributed by atoms with van der Waals surface area (Å²) in [5, 5.41) is 2.65. The monoisotopic (exact) mass is 439 g/mol. The number of aryl methyl sites for hydroxylation is 1. The average molecular weight is 441 g/mol. The van der Waals surface area contributed by atoms with Crippen molar-refractivity contribution < 1.29 is 9.53 Å². The van der Waals surface area contributed by atoms with Crippen molar-refractivity contribution in [3.63, 3.8) is 0 Å². The summed E-state index contributed by atoms with van der Waals surface area (Å²) in [6.45, 7) is 2.52. The minimum Gasteiger partial charge on any atom is -0.488 e. The number of benzene rings is 2. The van der Waals surface area contributed by atoms with Gasteiger partial charge in [-0.15, -0.1) is 0 Å². The number of amides is 1. The second-order valence-corrected chi connectivity index (χ2v) is 6.84. The molecule has 0 saturated carbocycles. The minimum atomic E-state index is -0.0159. The highest BCUT2D eigenvalue weighted by molar-refractivity contribution is 9.10. The molecule has 0 aromatic heterocycles. The van der Waals surface area contributed by atoms with Gasteiger partial charge >= 0.3 is 0 Å². The van der Waals surface area contributed by atoms with Crippen molar-refractivity contribution in [1.29, 1.82) is 0 Å². The second-order valence-electron chi connectivity index (χ2n) is 5.13. The Morgan fingerprint density at radius 1 is 1.17 bits per heavy atom. The van der Waals surface area contributed by atoms with Crippen LogP contribution in [-0.4, -0.2) is 13.0 Å². The fourth-order valence-electron chi connectivity index (χ4n) is 2.22. The topological polar surface area (TPSA) is 38.3 Å². The standard InChI is InChI=1S/C18H19Br2NO2/c1-3-12-7-8-17(16(20)9-12)23-11-14-13(10-18(22)21-2)5-4-6-15(14)19/h4-9H,3,10-11H2,1-2H3,(H,21,22). The van der Waals surface area contributed by atoms with E-state index in [1.54, 1.807) is 7.05 Å². The molecule has 0 heterocycles. The lowest BCUT2D eigenvalue weighted by molar-refractivity contribution is -0.119. The number of rotatable bonds is 6. The molecule has 1 amide bonds. The Hall–Kier alpha value is -1.33. The maximum Gasteiger partial charge on any atom is 0.224 e. The van der Waals surface area contributed by atoms with Crippen LogP contribution in [0, 0.1) is 0 Å². The van der Waals surface area contributed by atoms with Crippen LogP contribution in [0.4, 0.5) is 0 Å². The van der Waals surface area contributed by atoms with Crippen LogP contribution >= 0.6 is 31.9 Å². The molecule has 2 aromatic carbocycles. The SMILES string of the molecule is CCc1ccc(OCc2c(Br)cccc2CC(=O)NC)c(Br)c1. The molecule has 5 heteroatoms. The smallest absolute Gasteiger partial charge is 0.224 e. The molecule has 0 spiro atoms. The maximum absolute atomic E-state index is 11.7. The van der Waals surface area contributed by atoms with E-state index in [9.17, 15) is 4.79 Å². The molecule has 0 fully saturated rings. The summed E-state index contributed by atoms with van der Waals surface area (Å²) in [5.41, 5.74) is 3.20. The molecule has 0 aliphatic heterocycles. The second kappa shape index (κ2) is 8.50. The summed E-state index contributed by atoms with van der Waals surface area (Å²) < 4.78 is 7.84. The molecule has 0 aliphatic carbocycles. The molecule has 122 valence electrons. The molecular weight excluding hydrogens is 422 g/mol. The van der Waals surface area contributed by atoms with Gasteiger partial charge in [0.05, 0.1) is 10.9 Å². The summed E-state index contributed by atoms with van der Waals surface area (Å²) in [5.74, 6) is 0.779. The number of likely N-dealkylation sites (N-methyl/N-ethyl adjacent to an activating group) is 1. The Bertz CT molecular complexity index is 701. The first kappa shape index (κ1) is 18.0. The molecule has 0 radical (unpaired) electrons. The Kier molecular flexibility index (Phi) is 6.66. The molecule has 1 N–H and O–H groups in total. The normalized spacial score (nSPS) is 10.4. The van der Waals surface area contributed by atoms with Gasteiger partial charge in [0, 0.05) is 17.1 Å². The molecule has 0 unspecified atom stereocenters. The van der Waals surface area contributed by atoms with Gasteiger partial charge in [-0.25, -0.2) is 0 Å². The fraction of sp³-hybridized carbons (Fsp3) is 0.278. The third-order valence-corrected chi connectivity index (χ3v) is 4.98. The number of halogens is 2. The predicted molar refractivity (Wildman–Crippen MR) is 99.8 cm³/mol. The van der Waals surface area contributed by atoms with Gasteiger partial charge in [-0.2, -0.15) is 0 Å². The maximum atomic E-state index is 11.7. The van der Waals surface area contributed by atoms with Gasteiger partial charge in [0.2, 0.25) is 5.91 Å². The van der Waals surface area contributed by atoms with E-state index in [0.717, 1.165) is 32.2 Å². The fourth-order valence-corrected chi connectivity index (χ4v) is 3.29. The number of nitrogens with one attached hydrogen (secondary N) is 1. The molecule has 23 heavy (non-hydrogen) atoms. The van der Waals surface area contributed by atoms with Crippen molar-refractivity contribution in [2.24, 2.45) is 0 Å². The quantitative estimate of drug-likeness (QED) is 0.710. The van der Waals surface area contributed by atoms with Gasteiger partial charge in [0.25, 0.3) is 0 Å².